The standard InChI is InChI=1S/C16H15NO5/c1-2-10-3-6-12(7-4-10)22-16(21)17-11-5-8-14(18)13(9-11)15(19)20/h3-9,18H,2H2,1H3,(H,17,21)(H,19,20). The molecule has 0 radical (unpaired) electrons. The molecule has 0 fully saturated rings. The zero-order valence-corrected chi connectivity index (χ0v) is 11.9. The SMILES string of the molecule is CCc1ccc(OC(=O)Nc2ccc(O)c(C(=O)O)c2)cc1. The van der Waals surface area contributed by atoms with Gasteiger partial charge >= 0.3 is 12.1 Å². The number of aromatic hydroxyl groups is 1. The van der Waals surface area contributed by atoms with E-state index in [2.05, 4.69) is 5.32 Å². The molecule has 0 aromatic heterocycles. The minimum atomic E-state index is -1.29. The van der Waals surface area contributed by atoms with Gasteiger partial charge in [0, 0.05) is 5.69 Å². The third-order valence-electron chi connectivity index (χ3n) is 3.02. The van der Waals surface area contributed by atoms with Crippen LogP contribution < -0.4 is 10.1 Å². The Kier molecular flexibility index (Phi) is 4.63. The Bertz CT molecular complexity index is 694. The predicted octanol–water partition coefficient (Wildman–Crippen LogP) is 3.26. The highest BCUT2D eigenvalue weighted by molar-refractivity contribution is 5.94. The number of nitrogens with one attached hydrogen (secondary N) is 1. The molecule has 6 nitrogen and oxygen atoms in total. The first-order valence-corrected chi connectivity index (χ1v) is 6.63. The average molecular weight is 301 g/mol. The maximum Gasteiger partial charge on any atom is 0.417 e. The molecule has 1 amide bonds. The van der Waals surface area contributed by atoms with Gasteiger partial charge in [0.2, 0.25) is 0 Å². The van der Waals surface area contributed by atoms with Crippen LogP contribution in [-0.4, -0.2) is 22.3 Å². The largest absolute Gasteiger partial charge is 0.507 e. The number of ether oxygens (including phenoxy) is 1. The highest BCUT2D eigenvalue weighted by Gasteiger charge is 2.12. The number of carbonyl (C=O) groups is 2. The Morgan fingerprint density at radius 1 is 1.14 bits per heavy atom. The van der Waals surface area contributed by atoms with Crippen molar-refractivity contribution >= 4 is 17.7 Å². The van der Waals surface area contributed by atoms with Crippen molar-refractivity contribution in [3.63, 3.8) is 0 Å². The van der Waals surface area contributed by atoms with Crippen molar-refractivity contribution in [1.29, 1.82) is 0 Å². The molecule has 0 atom stereocenters. The lowest BCUT2D eigenvalue weighted by Gasteiger charge is -2.08. The highest BCUT2D eigenvalue weighted by Crippen LogP contribution is 2.22. The summed E-state index contributed by atoms with van der Waals surface area (Å²) in [7, 11) is 0. The predicted molar refractivity (Wildman–Crippen MR) is 80.5 cm³/mol. The van der Waals surface area contributed by atoms with Crippen LogP contribution in [-0.2, 0) is 6.42 Å². The average Bonchev–Trinajstić information content (AvgIpc) is 2.49. The molecule has 2 rings (SSSR count). The molecule has 0 saturated heterocycles. The smallest absolute Gasteiger partial charge is 0.417 e. The molecular weight excluding hydrogens is 286 g/mol. The van der Waals surface area contributed by atoms with E-state index in [4.69, 9.17) is 9.84 Å². The zero-order chi connectivity index (χ0) is 16.1. The minimum Gasteiger partial charge on any atom is -0.507 e. The molecule has 114 valence electrons. The van der Waals surface area contributed by atoms with Crippen LogP contribution in [0.3, 0.4) is 0 Å². The van der Waals surface area contributed by atoms with Crippen LogP contribution in [0.1, 0.15) is 22.8 Å². The van der Waals surface area contributed by atoms with Crippen LogP contribution in [0.4, 0.5) is 10.5 Å². The zero-order valence-electron chi connectivity index (χ0n) is 11.9. The summed E-state index contributed by atoms with van der Waals surface area (Å²) in [6, 6.07) is 10.8. The fraction of sp³-hybridized carbons (Fsp3) is 0.125. The first-order valence-electron chi connectivity index (χ1n) is 6.63. The van der Waals surface area contributed by atoms with Gasteiger partial charge in [0.05, 0.1) is 0 Å². The lowest BCUT2D eigenvalue weighted by Crippen LogP contribution is -2.17. The summed E-state index contributed by atoms with van der Waals surface area (Å²) in [5.41, 5.74) is 1.04. The molecular formula is C16H15NO5. The van der Waals surface area contributed by atoms with Crippen LogP contribution >= 0.6 is 0 Å². The van der Waals surface area contributed by atoms with E-state index < -0.39 is 12.1 Å². The number of aryl methyl sites for hydroxylation is 1. The van der Waals surface area contributed by atoms with Gasteiger partial charge in [-0.05, 0) is 42.3 Å². The third-order valence-corrected chi connectivity index (χ3v) is 3.02. The number of hydrogen-bond acceptors (Lipinski definition) is 4. The van der Waals surface area contributed by atoms with E-state index in [1.54, 1.807) is 12.1 Å². The molecule has 0 saturated carbocycles. The number of phenols is 1. The maximum atomic E-state index is 11.8. The van der Waals surface area contributed by atoms with Crippen molar-refractivity contribution in [2.75, 3.05) is 5.32 Å². The third kappa shape index (κ3) is 3.76. The number of carboxylic acids is 1. The second-order valence-electron chi connectivity index (χ2n) is 4.55. The molecule has 2 aromatic rings. The summed E-state index contributed by atoms with van der Waals surface area (Å²) in [6.07, 6.45) is 0.143. The van der Waals surface area contributed by atoms with Gasteiger partial charge in [0.15, 0.2) is 0 Å². The van der Waals surface area contributed by atoms with Crippen molar-refractivity contribution in [3.05, 3.63) is 53.6 Å². The van der Waals surface area contributed by atoms with Gasteiger partial charge in [-0.2, -0.15) is 0 Å². The summed E-state index contributed by atoms with van der Waals surface area (Å²) in [5, 5.41) is 20.7. The molecule has 3 N–H and O–H groups in total. The Morgan fingerprint density at radius 3 is 2.41 bits per heavy atom. The molecule has 0 bridgehead atoms. The second-order valence-corrected chi connectivity index (χ2v) is 4.55. The number of aromatic carboxylic acids is 1. The summed E-state index contributed by atoms with van der Waals surface area (Å²) in [6.45, 7) is 2.02. The number of carbonyl (C=O) groups excluding carboxylic acids is 1. The summed E-state index contributed by atoms with van der Waals surface area (Å²) < 4.78 is 5.09. The fourth-order valence-electron chi connectivity index (χ4n) is 1.83. The first-order chi connectivity index (χ1) is 10.5. The Morgan fingerprint density at radius 2 is 1.82 bits per heavy atom. The molecule has 0 unspecified atom stereocenters. The van der Waals surface area contributed by atoms with Crippen molar-refractivity contribution in [2.45, 2.75) is 13.3 Å². The van der Waals surface area contributed by atoms with Gasteiger partial charge in [-0.25, -0.2) is 9.59 Å². The van der Waals surface area contributed by atoms with Gasteiger partial charge in [0.1, 0.15) is 17.1 Å². The lowest BCUT2D eigenvalue weighted by atomic mass is 10.2. The highest BCUT2D eigenvalue weighted by atomic mass is 16.6. The monoisotopic (exact) mass is 301 g/mol. The Labute approximate surface area is 127 Å². The number of anilines is 1. The summed E-state index contributed by atoms with van der Waals surface area (Å²) >= 11 is 0. The van der Waals surface area contributed by atoms with E-state index in [9.17, 15) is 14.7 Å². The molecule has 6 heteroatoms. The first kappa shape index (κ1) is 15.4. The van der Waals surface area contributed by atoms with Crippen molar-refractivity contribution in [1.82, 2.24) is 0 Å². The molecule has 0 heterocycles. The molecule has 0 aliphatic rings. The van der Waals surface area contributed by atoms with Crippen LogP contribution in [0.25, 0.3) is 0 Å². The quantitative estimate of drug-likeness (QED) is 0.753. The van der Waals surface area contributed by atoms with Crippen LogP contribution in [0.5, 0.6) is 11.5 Å². The summed E-state index contributed by atoms with van der Waals surface area (Å²) in [5.74, 6) is -1.28. The van der Waals surface area contributed by atoms with E-state index in [0.717, 1.165) is 18.1 Å². The summed E-state index contributed by atoms with van der Waals surface area (Å²) in [4.78, 5) is 22.7. The second kappa shape index (κ2) is 6.62. The molecule has 22 heavy (non-hydrogen) atoms. The van der Waals surface area contributed by atoms with Gasteiger partial charge in [-0.3, -0.25) is 5.32 Å². The fourth-order valence-corrected chi connectivity index (χ4v) is 1.83. The topological polar surface area (TPSA) is 95.9 Å². The Hall–Kier alpha value is -3.02. The van der Waals surface area contributed by atoms with Crippen LogP contribution in [0, 0.1) is 0 Å². The van der Waals surface area contributed by atoms with Gasteiger partial charge < -0.3 is 14.9 Å². The van der Waals surface area contributed by atoms with E-state index in [0.29, 0.717) is 5.75 Å². The van der Waals surface area contributed by atoms with Crippen molar-refractivity contribution in [2.24, 2.45) is 0 Å². The minimum absolute atomic E-state index is 0.213. The number of rotatable bonds is 4. The van der Waals surface area contributed by atoms with Crippen molar-refractivity contribution in [3.8, 4) is 11.5 Å². The Balaban J connectivity index is 2.05. The van der Waals surface area contributed by atoms with Crippen LogP contribution in [0.2, 0.25) is 0 Å². The van der Waals surface area contributed by atoms with E-state index in [1.165, 1.54) is 12.1 Å². The lowest BCUT2D eigenvalue weighted by molar-refractivity contribution is 0.0693. The molecule has 0 aliphatic heterocycles. The molecule has 0 aliphatic carbocycles. The normalized spacial score (nSPS) is 10.0. The van der Waals surface area contributed by atoms with E-state index >= 15 is 0 Å². The number of amides is 1. The number of hydrogen-bond donors (Lipinski definition) is 3. The maximum absolute atomic E-state index is 11.8. The number of benzene rings is 2. The van der Waals surface area contributed by atoms with Gasteiger partial charge in [-0.1, -0.05) is 19.1 Å². The van der Waals surface area contributed by atoms with Gasteiger partial charge in [0.25, 0.3) is 0 Å². The van der Waals surface area contributed by atoms with Gasteiger partial charge in [-0.15, -0.1) is 0 Å². The van der Waals surface area contributed by atoms with E-state index in [-0.39, 0.29) is 17.0 Å². The van der Waals surface area contributed by atoms with Crippen molar-refractivity contribution < 1.29 is 24.5 Å². The van der Waals surface area contributed by atoms with Crippen LogP contribution in [0.15, 0.2) is 42.5 Å². The van der Waals surface area contributed by atoms with E-state index in [1.807, 2.05) is 19.1 Å². The number of carboxylic acid groups (broad SMARTS) is 1. The molecule has 0 spiro atoms. The molecule has 2 aromatic carbocycles.